The Kier molecular flexibility index (Phi) is 15.3. The minimum Gasteiger partial charge on any atom is -0.385 e. The molecule has 0 saturated heterocycles. The first-order valence-corrected chi connectivity index (χ1v) is 10.9. The maximum Gasteiger partial charge on any atom is 0.0340 e. The lowest BCUT2D eigenvalue weighted by molar-refractivity contribution is 0.587. The van der Waals surface area contributed by atoms with Gasteiger partial charge in [-0.3, -0.25) is 0 Å². The van der Waals surface area contributed by atoms with E-state index in [9.17, 15) is 0 Å². The van der Waals surface area contributed by atoms with Crippen LogP contribution in [0.2, 0.25) is 0 Å². The monoisotopic (exact) mass is 343 g/mol. The van der Waals surface area contributed by atoms with Crippen LogP contribution < -0.4 is 5.32 Å². The molecule has 0 amide bonds. The quantitative estimate of drug-likeness (QED) is 0.222. The fourth-order valence-electron chi connectivity index (χ4n) is 3.16. The second-order valence-electron chi connectivity index (χ2n) is 7.23. The first-order valence-electron chi connectivity index (χ1n) is 10.9. The minimum absolute atomic E-state index is 1.10. The van der Waals surface area contributed by atoms with E-state index in [1.54, 1.807) is 0 Å². The highest BCUT2D eigenvalue weighted by atomic mass is 14.9. The largest absolute Gasteiger partial charge is 0.385 e. The Morgan fingerprint density at radius 2 is 1.16 bits per heavy atom. The third kappa shape index (κ3) is 14.8. The van der Waals surface area contributed by atoms with Crippen LogP contribution in [-0.4, -0.2) is 6.54 Å². The zero-order valence-electron chi connectivity index (χ0n) is 16.6. The Morgan fingerprint density at radius 1 is 0.640 bits per heavy atom. The van der Waals surface area contributed by atoms with Crippen molar-refractivity contribution in [3.05, 3.63) is 42.5 Å². The summed E-state index contributed by atoms with van der Waals surface area (Å²) in [6, 6.07) is 10.5. The average molecular weight is 344 g/mol. The number of para-hydroxylation sites is 1. The van der Waals surface area contributed by atoms with Crippen molar-refractivity contribution in [1.29, 1.82) is 0 Å². The van der Waals surface area contributed by atoms with Crippen LogP contribution in [0.15, 0.2) is 42.5 Å². The number of hydrogen-bond acceptors (Lipinski definition) is 1. The maximum absolute atomic E-state index is 3.49. The number of rotatable bonds is 17. The molecule has 0 radical (unpaired) electrons. The van der Waals surface area contributed by atoms with Gasteiger partial charge < -0.3 is 5.32 Å². The number of anilines is 1. The SMILES string of the molecule is CCCCCCCC=CCCCCCCCCCNc1ccccc1. The Bertz CT molecular complexity index is 396. The standard InChI is InChI=1S/C24H41N/c1-2-3-4-5-6-7-8-9-10-11-12-13-14-15-16-20-23-25-24-21-18-17-19-22-24/h8-9,17-19,21-22,25H,2-7,10-16,20,23H2,1H3. The van der Waals surface area contributed by atoms with Crippen molar-refractivity contribution in [2.24, 2.45) is 0 Å². The van der Waals surface area contributed by atoms with Crippen LogP contribution in [0, 0.1) is 0 Å². The van der Waals surface area contributed by atoms with Crippen molar-refractivity contribution in [2.75, 3.05) is 11.9 Å². The van der Waals surface area contributed by atoms with E-state index in [1.807, 2.05) is 0 Å². The normalized spacial score (nSPS) is 11.2. The summed E-state index contributed by atoms with van der Waals surface area (Å²) < 4.78 is 0. The van der Waals surface area contributed by atoms with E-state index < -0.39 is 0 Å². The molecular weight excluding hydrogens is 302 g/mol. The van der Waals surface area contributed by atoms with Crippen LogP contribution >= 0.6 is 0 Å². The second kappa shape index (κ2) is 17.6. The molecule has 0 aliphatic carbocycles. The van der Waals surface area contributed by atoms with E-state index in [2.05, 4.69) is 54.7 Å². The number of allylic oxidation sites excluding steroid dienone is 2. The fraction of sp³-hybridized carbons (Fsp3) is 0.667. The summed E-state index contributed by atoms with van der Waals surface area (Å²) in [5.74, 6) is 0. The van der Waals surface area contributed by atoms with Gasteiger partial charge in [-0.05, 0) is 44.2 Å². The van der Waals surface area contributed by atoms with Gasteiger partial charge in [0.25, 0.3) is 0 Å². The number of nitrogens with one attached hydrogen (secondary N) is 1. The van der Waals surface area contributed by atoms with Crippen LogP contribution in [-0.2, 0) is 0 Å². The fourth-order valence-corrected chi connectivity index (χ4v) is 3.16. The molecule has 25 heavy (non-hydrogen) atoms. The van der Waals surface area contributed by atoms with Crippen molar-refractivity contribution in [1.82, 2.24) is 0 Å². The Hall–Kier alpha value is -1.24. The van der Waals surface area contributed by atoms with E-state index in [4.69, 9.17) is 0 Å². The van der Waals surface area contributed by atoms with E-state index in [1.165, 1.54) is 95.6 Å². The molecule has 0 aromatic heterocycles. The summed E-state index contributed by atoms with van der Waals surface area (Å²) in [6.07, 6.45) is 24.0. The van der Waals surface area contributed by atoms with Gasteiger partial charge in [0.1, 0.15) is 0 Å². The summed E-state index contributed by atoms with van der Waals surface area (Å²) in [7, 11) is 0. The highest BCUT2D eigenvalue weighted by Crippen LogP contribution is 2.11. The van der Waals surface area contributed by atoms with Gasteiger partial charge in [0.15, 0.2) is 0 Å². The molecule has 0 bridgehead atoms. The average Bonchev–Trinajstić information content (AvgIpc) is 2.65. The molecule has 0 atom stereocenters. The van der Waals surface area contributed by atoms with Crippen molar-refractivity contribution < 1.29 is 0 Å². The smallest absolute Gasteiger partial charge is 0.0340 e. The van der Waals surface area contributed by atoms with Crippen molar-refractivity contribution in [2.45, 2.75) is 96.8 Å². The molecule has 1 N–H and O–H groups in total. The molecule has 0 saturated carbocycles. The first-order chi connectivity index (χ1) is 12.4. The first kappa shape index (κ1) is 21.8. The maximum atomic E-state index is 3.49. The van der Waals surface area contributed by atoms with Crippen LogP contribution in [0.5, 0.6) is 0 Å². The molecule has 0 aliphatic heterocycles. The van der Waals surface area contributed by atoms with E-state index in [-0.39, 0.29) is 0 Å². The molecule has 1 aromatic rings. The molecule has 1 nitrogen and oxygen atoms in total. The molecule has 1 rings (SSSR count). The molecule has 0 spiro atoms. The van der Waals surface area contributed by atoms with E-state index >= 15 is 0 Å². The summed E-state index contributed by atoms with van der Waals surface area (Å²) >= 11 is 0. The topological polar surface area (TPSA) is 12.0 Å². The molecular formula is C24H41N. The number of benzene rings is 1. The number of hydrogen-bond donors (Lipinski definition) is 1. The lowest BCUT2D eigenvalue weighted by atomic mass is 10.1. The summed E-state index contributed by atoms with van der Waals surface area (Å²) in [4.78, 5) is 0. The third-order valence-electron chi connectivity index (χ3n) is 4.79. The lowest BCUT2D eigenvalue weighted by Crippen LogP contribution is -2.00. The summed E-state index contributed by atoms with van der Waals surface area (Å²) in [5.41, 5.74) is 1.25. The van der Waals surface area contributed by atoms with Crippen LogP contribution in [0.4, 0.5) is 5.69 Å². The van der Waals surface area contributed by atoms with Gasteiger partial charge in [-0.25, -0.2) is 0 Å². The molecule has 142 valence electrons. The third-order valence-corrected chi connectivity index (χ3v) is 4.79. The minimum atomic E-state index is 1.10. The highest BCUT2D eigenvalue weighted by molar-refractivity contribution is 5.42. The molecule has 1 aromatic carbocycles. The second-order valence-corrected chi connectivity index (χ2v) is 7.23. The lowest BCUT2D eigenvalue weighted by Gasteiger charge is -2.05. The van der Waals surface area contributed by atoms with Crippen molar-refractivity contribution >= 4 is 5.69 Å². The Morgan fingerprint density at radius 3 is 1.76 bits per heavy atom. The Balaban J connectivity index is 1.74. The van der Waals surface area contributed by atoms with E-state index in [0.717, 1.165) is 6.54 Å². The van der Waals surface area contributed by atoms with Crippen molar-refractivity contribution in [3.8, 4) is 0 Å². The highest BCUT2D eigenvalue weighted by Gasteiger charge is 1.93. The van der Waals surface area contributed by atoms with Gasteiger partial charge in [-0.1, -0.05) is 95.1 Å². The van der Waals surface area contributed by atoms with Gasteiger partial charge in [0.05, 0.1) is 0 Å². The van der Waals surface area contributed by atoms with Gasteiger partial charge in [-0.15, -0.1) is 0 Å². The molecule has 0 fully saturated rings. The van der Waals surface area contributed by atoms with Gasteiger partial charge in [-0.2, -0.15) is 0 Å². The predicted molar refractivity (Wildman–Crippen MR) is 114 cm³/mol. The number of unbranched alkanes of at least 4 members (excludes halogenated alkanes) is 12. The van der Waals surface area contributed by atoms with Crippen LogP contribution in [0.3, 0.4) is 0 Å². The molecule has 0 aliphatic rings. The predicted octanol–water partition coefficient (Wildman–Crippen LogP) is 8.14. The van der Waals surface area contributed by atoms with Crippen molar-refractivity contribution in [3.63, 3.8) is 0 Å². The van der Waals surface area contributed by atoms with Gasteiger partial charge >= 0.3 is 0 Å². The van der Waals surface area contributed by atoms with E-state index in [0.29, 0.717) is 0 Å². The molecule has 0 heterocycles. The van der Waals surface area contributed by atoms with Gasteiger partial charge in [0.2, 0.25) is 0 Å². The van der Waals surface area contributed by atoms with Crippen LogP contribution in [0.1, 0.15) is 96.8 Å². The Labute approximate surface area is 157 Å². The summed E-state index contributed by atoms with van der Waals surface area (Å²) in [6.45, 7) is 3.39. The van der Waals surface area contributed by atoms with Crippen LogP contribution in [0.25, 0.3) is 0 Å². The molecule has 0 unspecified atom stereocenters. The zero-order chi connectivity index (χ0) is 17.8. The summed E-state index contributed by atoms with van der Waals surface area (Å²) in [5, 5.41) is 3.49. The van der Waals surface area contributed by atoms with Gasteiger partial charge in [0, 0.05) is 12.2 Å². The molecule has 1 heteroatoms. The zero-order valence-corrected chi connectivity index (χ0v) is 16.6.